The molecule has 96 valence electrons. The summed E-state index contributed by atoms with van der Waals surface area (Å²) < 4.78 is 10.7. The number of aromatic nitrogens is 1. The minimum atomic E-state index is 0.327. The lowest BCUT2D eigenvalue weighted by Gasteiger charge is -2.06. The summed E-state index contributed by atoms with van der Waals surface area (Å²) in [6, 6.07) is 0.358. The fourth-order valence-electron chi connectivity index (χ4n) is 2.01. The normalized spacial score (nSPS) is 24.4. The summed E-state index contributed by atoms with van der Waals surface area (Å²) in [6.07, 6.45) is 2.26. The Kier molecular flexibility index (Phi) is 4.91. The van der Waals surface area contributed by atoms with Crippen LogP contribution in [0.15, 0.2) is 5.38 Å². The molecule has 0 bridgehead atoms. The third-order valence-electron chi connectivity index (χ3n) is 3.01. The number of methoxy groups -OCH3 is 1. The van der Waals surface area contributed by atoms with Crippen LogP contribution >= 0.6 is 11.3 Å². The summed E-state index contributed by atoms with van der Waals surface area (Å²) in [5, 5.41) is 6.76. The first-order chi connectivity index (χ1) is 8.33. The van der Waals surface area contributed by atoms with Crippen LogP contribution in [0.1, 0.15) is 30.1 Å². The predicted molar refractivity (Wildman–Crippen MR) is 68.5 cm³/mol. The van der Waals surface area contributed by atoms with Crippen molar-refractivity contribution in [3.63, 3.8) is 0 Å². The van der Waals surface area contributed by atoms with Crippen molar-refractivity contribution in [2.75, 3.05) is 26.9 Å². The van der Waals surface area contributed by atoms with Crippen LogP contribution in [0.2, 0.25) is 0 Å². The summed E-state index contributed by atoms with van der Waals surface area (Å²) in [6.45, 7) is 4.48. The lowest BCUT2D eigenvalue weighted by Crippen LogP contribution is -2.16. The monoisotopic (exact) mass is 256 g/mol. The standard InChI is InChI=1S/C12H20N2O2S/c1-3-16-5-4-12-14-11(8-17-12)10-6-9(15-2)7-13-10/h8-10,13H,3-7H2,1-2H3. The van der Waals surface area contributed by atoms with Gasteiger partial charge < -0.3 is 14.8 Å². The van der Waals surface area contributed by atoms with E-state index >= 15 is 0 Å². The fraction of sp³-hybridized carbons (Fsp3) is 0.750. The van der Waals surface area contributed by atoms with Crippen LogP contribution in [-0.2, 0) is 15.9 Å². The average Bonchev–Trinajstić information content (AvgIpc) is 2.97. The van der Waals surface area contributed by atoms with Gasteiger partial charge in [-0.3, -0.25) is 0 Å². The summed E-state index contributed by atoms with van der Waals surface area (Å²) >= 11 is 1.72. The molecule has 1 aliphatic rings. The highest BCUT2D eigenvalue weighted by molar-refractivity contribution is 7.09. The zero-order valence-corrected chi connectivity index (χ0v) is 11.3. The lowest BCUT2D eigenvalue weighted by molar-refractivity contribution is 0.117. The summed E-state index contributed by atoms with van der Waals surface area (Å²) in [4.78, 5) is 4.65. The van der Waals surface area contributed by atoms with Gasteiger partial charge in [0.25, 0.3) is 0 Å². The molecule has 2 heterocycles. The van der Waals surface area contributed by atoms with Crippen LogP contribution in [0.3, 0.4) is 0 Å². The molecule has 1 aliphatic heterocycles. The topological polar surface area (TPSA) is 43.4 Å². The summed E-state index contributed by atoms with van der Waals surface area (Å²) in [7, 11) is 1.77. The second kappa shape index (κ2) is 6.44. The van der Waals surface area contributed by atoms with Gasteiger partial charge in [0.05, 0.1) is 29.5 Å². The molecular weight excluding hydrogens is 236 g/mol. The van der Waals surface area contributed by atoms with Gasteiger partial charge >= 0.3 is 0 Å². The van der Waals surface area contributed by atoms with Crippen molar-refractivity contribution in [3.8, 4) is 0 Å². The van der Waals surface area contributed by atoms with Gasteiger partial charge in [0.2, 0.25) is 0 Å². The van der Waals surface area contributed by atoms with Gasteiger partial charge in [-0.25, -0.2) is 4.98 Å². The van der Waals surface area contributed by atoms with Gasteiger partial charge in [-0.15, -0.1) is 11.3 Å². The number of ether oxygens (including phenoxy) is 2. The Balaban J connectivity index is 1.85. The van der Waals surface area contributed by atoms with Crippen molar-refractivity contribution in [2.24, 2.45) is 0 Å². The maximum atomic E-state index is 5.34. The molecule has 0 amide bonds. The molecule has 1 fully saturated rings. The smallest absolute Gasteiger partial charge is 0.0951 e. The maximum absolute atomic E-state index is 5.34. The Labute approximate surface area is 106 Å². The highest BCUT2D eigenvalue weighted by Gasteiger charge is 2.26. The van der Waals surface area contributed by atoms with Crippen LogP contribution in [0.4, 0.5) is 0 Å². The molecule has 0 aromatic carbocycles. The zero-order chi connectivity index (χ0) is 12.1. The Bertz CT molecular complexity index is 343. The molecule has 0 spiro atoms. The molecule has 2 rings (SSSR count). The third-order valence-corrected chi connectivity index (χ3v) is 3.94. The molecule has 0 aliphatic carbocycles. The molecule has 2 atom stereocenters. The van der Waals surface area contributed by atoms with Crippen molar-refractivity contribution >= 4 is 11.3 Å². The fourth-order valence-corrected chi connectivity index (χ4v) is 2.84. The van der Waals surface area contributed by atoms with E-state index in [1.807, 2.05) is 6.92 Å². The maximum Gasteiger partial charge on any atom is 0.0951 e. The van der Waals surface area contributed by atoms with E-state index < -0.39 is 0 Å². The second-order valence-corrected chi connectivity index (χ2v) is 5.11. The Hall–Kier alpha value is -0.490. The van der Waals surface area contributed by atoms with E-state index in [1.165, 1.54) is 0 Å². The van der Waals surface area contributed by atoms with Gasteiger partial charge in [-0.05, 0) is 13.3 Å². The number of nitrogens with one attached hydrogen (secondary N) is 1. The van der Waals surface area contributed by atoms with Crippen molar-refractivity contribution in [1.29, 1.82) is 0 Å². The number of rotatable bonds is 6. The predicted octanol–water partition coefficient (Wildman–Crippen LogP) is 1.77. The highest BCUT2D eigenvalue weighted by atomic mass is 32.1. The average molecular weight is 256 g/mol. The SMILES string of the molecule is CCOCCc1nc(C2CC(OC)CN2)cs1. The molecule has 0 radical (unpaired) electrons. The van der Waals surface area contributed by atoms with Crippen LogP contribution in [0, 0.1) is 0 Å². The molecule has 1 aromatic rings. The van der Waals surface area contributed by atoms with E-state index in [9.17, 15) is 0 Å². The number of thiazole rings is 1. The largest absolute Gasteiger partial charge is 0.381 e. The van der Waals surface area contributed by atoms with Gasteiger partial charge in [0.15, 0.2) is 0 Å². The quantitative estimate of drug-likeness (QED) is 0.788. The van der Waals surface area contributed by atoms with Crippen LogP contribution in [-0.4, -0.2) is 38.0 Å². The summed E-state index contributed by atoms with van der Waals surface area (Å²) in [5.41, 5.74) is 1.15. The van der Waals surface area contributed by atoms with Gasteiger partial charge in [-0.2, -0.15) is 0 Å². The molecule has 5 heteroatoms. The van der Waals surface area contributed by atoms with E-state index in [-0.39, 0.29) is 0 Å². The molecule has 1 saturated heterocycles. The van der Waals surface area contributed by atoms with E-state index in [2.05, 4.69) is 15.7 Å². The van der Waals surface area contributed by atoms with Crippen molar-refractivity contribution in [3.05, 3.63) is 16.1 Å². The van der Waals surface area contributed by atoms with Crippen LogP contribution in [0.5, 0.6) is 0 Å². The molecule has 0 saturated carbocycles. The Morgan fingerprint density at radius 2 is 2.47 bits per heavy atom. The minimum absolute atomic E-state index is 0.327. The number of nitrogens with zero attached hydrogens (tertiary/aromatic N) is 1. The van der Waals surface area contributed by atoms with E-state index in [1.54, 1.807) is 18.4 Å². The van der Waals surface area contributed by atoms with E-state index in [0.717, 1.165) is 43.3 Å². The first kappa shape index (κ1) is 13.0. The Morgan fingerprint density at radius 1 is 1.59 bits per heavy atom. The summed E-state index contributed by atoms with van der Waals surface area (Å²) in [5.74, 6) is 0. The van der Waals surface area contributed by atoms with Crippen molar-refractivity contribution < 1.29 is 9.47 Å². The molecule has 1 N–H and O–H groups in total. The van der Waals surface area contributed by atoms with Gasteiger partial charge in [0.1, 0.15) is 0 Å². The minimum Gasteiger partial charge on any atom is -0.381 e. The zero-order valence-electron chi connectivity index (χ0n) is 10.4. The molecule has 2 unspecified atom stereocenters. The van der Waals surface area contributed by atoms with Gasteiger partial charge in [-0.1, -0.05) is 0 Å². The molecule has 1 aromatic heterocycles. The highest BCUT2D eigenvalue weighted by Crippen LogP contribution is 2.26. The first-order valence-corrected chi connectivity index (χ1v) is 6.99. The van der Waals surface area contributed by atoms with Gasteiger partial charge in [0, 0.05) is 32.1 Å². The Morgan fingerprint density at radius 3 is 3.18 bits per heavy atom. The van der Waals surface area contributed by atoms with Crippen LogP contribution < -0.4 is 5.32 Å². The van der Waals surface area contributed by atoms with Crippen LogP contribution in [0.25, 0.3) is 0 Å². The molecule has 4 nitrogen and oxygen atoms in total. The second-order valence-electron chi connectivity index (χ2n) is 4.17. The number of hydrogen-bond donors (Lipinski definition) is 1. The van der Waals surface area contributed by atoms with E-state index in [4.69, 9.17) is 9.47 Å². The molecule has 17 heavy (non-hydrogen) atoms. The molecular formula is C12H20N2O2S. The number of hydrogen-bond acceptors (Lipinski definition) is 5. The first-order valence-electron chi connectivity index (χ1n) is 6.11. The lowest BCUT2D eigenvalue weighted by atomic mass is 10.1. The van der Waals surface area contributed by atoms with Crippen molar-refractivity contribution in [1.82, 2.24) is 10.3 Å². The third kappa shape index (κ3) is 3.48. The van der Waals surface area contributed by atoms with Crippen molar-refractivity contribution in [2.45, 2.75) is 31.9 Å². The van der Waals surface area contributed by atoms with E-state index in [0.29, 0.717) is 12.1 Å².